The third kappa shape index (κ3) is 3.24. The zero-order chi connectivity index (χ0) is 15.5. The Morgan fingerprint density at radius 2 is 1.77 bits per heavy atom. The molecule has 3 aromatic rings. The van der Waals surface area contributed by atoms with Crippen LogP contribution in [-0.2, 0) is 12.8 Å². The van der Waals surface area contributed by atoms with E-state index in [1.807, 2.05) is 28.8 Å². The quantitative estimate of drug-likeness (QED) is 0.670. The summed E-state index contributed by atoms with van der Waals surface area (Å²) in [6.45, 7) is 0. The molecule has 6 heteroatoms. The molecule has 0 fully saturated rings. The summed E-state index contributed by atoms with van der Waals surface area (Å²) >= 11 is 17.4. The highest BCUT2D eigenvalue weighted by atomic mass is 35.5. The van der Waals surface area contributed by atoms with Crippen molar-refractivity contribution in [1.82, 2.24) is 14.8 Å². The molecule has 0 aliphatic carbocycles. The van der Waals surface area contributed by atoms with Gasteiger partial charge in [0.25, 0.3) is 0 Å². The van der Waals surface area contributed by atoms with E-state index < -0.39 is 0 Å². The van der Waals surface area contributed by atoms with Gasteiger partial charge in [-0.25, -0.2) is 0 Å². The summed E-state index contributed by atoms with van der Waals surface area (Å²) in [6, 6.07) is 15.7. The molecule has 0 saturated heterocycles. The highest BCUT2D eigenvalue weighted by Gasteiger charge is 2.10. The molecule has 0 bridgehead atoms. The number of aromatic amines is 1. The fourth-order valence-electron chi connectivity index (χ4n) is 2.29. The van der Waals surface area contributed by atoms with Crippen LogP contribution in [-0.4, -0.2) is 14.8 Å². The fraction of sp³-hybridized carbons (Fsp3) is 0.125. The first-order chi connectivity index (χ1) is 10.6. The Hall–Kier alpha value is -1.62. The van der Waals surface area contributed by atoms with Crippen molar-refractivity contribution in [3.63, 3.8) is 0 Å². The molecule has 0 amide bonds. The zero-order valence-corrected chi connectivity index (χ0v) is 13.9. The van der Waals surface area contributed by atoms with E-state index in [0.29, 0.717) is 14.8 Å². The second kappa shape index (κ2) is 6.65. The number of halogens is 2. The van der Waals surface area contributed by atoms with Crippen LogP contribution in [0.25, 0.3) is 5.69 Å². The second-order valence-electron chi connectivity index (χ2n) is 4.86. The lowest BCUT2D eigenvalue weighted by atomic mass is 10.1. The van der Waals surface area contributed by atoms with Gasteiger partial charge in [-0.05, 0) is 42.4 Å². The van der Waals surface area contributed by atoms with E-state index in [-0.39, 0.29) is 0 Å². The third-order valence-corrected chi connectivity index (χ3v) is 4.40. The highest BCUT2D eigenvalue weighted by molar-refractivity contribution is 7.71. The van der Waals surface area contributed by atoms with Crippen molar-refractivity contribution in [2.24, 2.45) is 0 Å². The van der Waals surface area contributed by atoms with Crippen LogP contribution in [0.2, 0.25) is 10.0 Å². The highest BCUT2D eigenvalue weighted by Crippen LogP contribution is 2.25. The largest absolute Gasteiger partial charge is 0.272 e. The maximum absolute atomic E-state index is 6.10. The van der Waals surface area contributed by atoms with Crippen LogP contribution in [0.3, 0.4) is 0 Å². The second-order valence-corrected chi connectivity index (χ2v) is 6.07. The smallest absolute Gasteiger partial charge is 0.199 e. The molecular weight excluding hydrogens is 337 g/mol. The van der Waals surface area contributed by atoms with E-state index in [0.717, 1.165) is 24.4 Å². The van der Waals surface area contributed by atoms with Crippen molar-refractivity contribution >= 4 is 35.4 Å². The first-order valence-electron chi connectivity index (χ1n) is 6.81. The number of hydrogen-bond donors (Lipinski definition) is 1. The molecule has 2 aromatic carbocycles. The number of nitrogens with one attached hydrogen (secondary N) is 1. The lowest BCUT2D eigenvalue weighted by Gasteiger charge is -2.08. The van der Waals surface area contributed by atoms with Crippen molar-refractivity contribution in [1.29, 1.82) is 0 Å². The van der Waals surface area contributed by atoms with Crippen molar-refractivity contribution in [2.75, 3.05) is 0 Å². The average molecular weight is 350 g/mol. The van der Waals surface area contributed by atoms with Crippen LogP contribution < -0.4 is 0 Å². The lowest BCUT2D eigenvalue weighted by Crippen LogP contribution is -2.03. The number of aromatic nitrogens is 3. The van der Waals surface area contributed by atoms with E-state index >= 15 is 0 Å². The van der Waals surface area contributed by atoms with Gasteiger partial charge < -0.3 is 0 Å². The normalized spacial score (nSPS) is 10.8. The summed E-state index contributed by atoms with van der Waals surface area (Å²) in [4.78, 5) is 0. The minimum Gasteiger partial charge on any atom is -0.272 e. The van der Waals surface area contributed by atoms with Gasteiger partial charge in [0.15, 0.2) is 4.77 Å². The zero-order valence-electron chi connectivity index (χ0n) is 11.6. The van der Waals surface area contributed by atoms with Gasteiger partial charge >= 0.3 is 0 Å². The molecule has 22 heavy (non-hydrogen) atoms. The predicted octanol–water partition coefficient (Wildman–Crippen LogP) is 5.02. The maximum atomic E-state index is 6.10. The van der Waals surface area contributed by atoms with Crippen LogP contribution in [0.5, 0.6) is 0 Å². The van der Waals surface area contributed by atoms with Gasteiger partial charge in [0.05, 0.1) is 15.7 Å². The Bertz CT molecular complexity index is 840. The van der Waals surface area contributed by atoms with Crippen LogP contribution in [0.15, 0.2) is 48.5 Å². The monoisotopic (exact) mass is 349 g/mol. The Kier molecular flexibility index (Phi) is 4.62. The van der Waals surface area contributed by atoms with Gasteiger partial charge in [0.2, 0.25) is 0 Å². The molecule has 3 nitrogen and oxygen atoms in total. The number of rotatable bonds is 4. The molecule has 0 aliphatic rings. The number of benzene rings is 2. The van der Waals surface area contributed by atoms with Gasteiger partial charge in [-0.3, -0.25) is 9.67 Å². The van der Waals surface area contributed by atoms with Crippen molar-refractivity contribution in [2.45, 2.75) is 12.8 Å². The molecule has 0 aliphatic heterocycles. The third-order valence-electron chi connectivity index (χ3n) is 3.38. The van der Waals surface area contributed by atoms with E-state index in [2.05, 4.69) is 22.3 Å². The molecule has 1 heterocycles. The predicted molar refractivity (Wildman–Crippen MR) is 92.6 cm³/mol. The molecule has 0 saturated carbocycles. The van der Waals surface area contributed by atoms with Crippen molar-refractivity contribution < 1.29 is 0 Å². The van der Waals surface area contributed by atoms with Crippen LogP contribution in [0.4, 0.5) is 0 Å². The molecule has 112 valence electrons. The van der Waals surface area contributed by atoms with Crippen LogP contribution >= 0.6 is 35.4 Å². The first kappa shape index (κ1) is 15.3. The minimum absolute atomic E-state index is 0.497. The lowest BCUT2D eigenvalue weighted by molar-refractivity contribution is 0.820. The molecule has 0 radical (unpaired) electrons. The van der Waals surface area contributed by atoms with Crippen LogP contribution in [0.1, 0.15) is 11.4 Å². The first-order valence-corrected chi connectivity index (χ1v) is 7.97. The molecule has 0 atom stereocenters. The number of H-pyrrole nitrogens is 1. The topological polar surface area (TPSA) is 33.6 Å². The summed E-state index contributed by atoms with van der Waals surface area (Å²) in [6.07, 6.45) is 1.67. The van der Waals surface area contributed by atoms with Crippen molar-refractivity contribution in [3.05, 3.63) is 74.7 Å². The molecule has 0 spiro atoms. The molecular formula is C16H13Cl2N3S. The maximum Gasteiger partial charge on any atom is 0.199 e. The number of hydrogen-bond acceptors (Lipinski definition) is 2. The molecule has 3 rings (SSSR count). The number of nitrogens with zero attached hydrogens (tertiary/aromatic N) is 2. The summed E-state index contributed by atoms with van der Waals surface area (Å²) in [5.41, 5.74) is 2.12. The van der Waals surface area contributed by atoms with Crippen molar-refractivity contribution in [3.8, 4) is 5.69 Å². The number of aryl methyl sites for hydroxylation is 2. The van der Waals surface area contributed by atoms with E-state index in [1.54, 1.807) is 12.1 Å². The van der Waals surface area contributed by atoms with E-state index in [4.69, 9.17) is 35.4 Å². The molecule has 1 N–H and O–H groups in total. The van der Waals surface area contributed by atoms with Gasteiger partial charge in [0, 0.05) is 6.42 Å². The van der Waals surface area contributed by atoms with E-state index in [9.17, 15) is 0 Å². The summed E-state index contributed by atoms with van der Waals surface area (Å²) < 4.78 is 2.43. The summed E-state index contributed by atoms with van der Waals surface area (Å²) in [5, 5.41) is 8.19. The standard InChI is InChI=1S/C16H13Cl2N3S/c17-13-8-7-12(10-14(13)18)21-15(19-20-16(21)22)9-6-11-4-2-1-3-5-11/h1-5,7-8,10H,6,9H2,(H,20,22). The Morgan fingerprint density at radius 3 is 2.50 bits per heavy atom. The van der Waals surface area contributed by atoms with Gasteiger partial charge in [-0.1, -0.05) is 53.5 Å². The molecule has 1 aromatic heterocycles. The SMILES string of the molecule is S=c1[nH]nc(CCc2ccccc2)n1-c1ccc(Cl)c(Cl)c1. The Morgan fingerprint density at radius 1 is 1.00 bits per heavy atom. The van der Waals surface area contributed by atoms with E-state index in [1.165, 1.54) is 5.56 Å². The van der Waals surface area contributed by atoms with Gasteiger partial charge in [-0.15, -0.1) is 0 Å². The molecule has 0 unspecified atom stereocenters. The van der Waals surface area contributed by atoms with Crippen LogP contribution in [0, 0.1) is 4.77 Å². The Labute approximate surface area is 143 Å². The average Bonchev–Trinajstić information content (AvgIpc) is 2.90. The summed E-state index contributed by atoms with van der Waals surface area (Å²) in [7, 11) is 0. The fourth-order valence-corrected chi connectivity index (χ4v) is 2.84. The minimum atomic E-state index is 0.497. The summed E-state index contributed by atoms with van der Waals surface area (Å²) in [5.74, 6) is 0.868. The van der Waals surface area contributed by atoms with Gasteiger partial charge in [-0.2, -0.15) is 5.10 Å². The Balaban J connectivity index is 1.90. The van der Waals surface area contributed by atoms with Gasteiger partial charge in [0.1, 0.15) is 5.82 Å².